The van der Waals surface area contributed by atoms with Crippen LogP contribution in [0.4, 0.5) is 0 Å². The van der Waals surface area contributed by atoms with Crippen LogP contribution in [0.5, 0.6) is 0 Å². The molecule has 0 bridgehead atoms. The molecule has 1 unspecified atom stereocenters. The Bertz CT molecular complexity index is 205. The molecule has 0 saturated heterocycles. The summed E-state index contributed by atoms with van der Waals surface area (Å²) in [4.78, 5) is 2.72. The molecule has 1 rings (SSSR count). The fraction of sp³-hybridized carbons (Fsp3) is 1.00. The number of nitrogens with one attached hydrogen (secondary N) is 1. The standard InChI is InChI=1S/C16H34N2S/c1-4-15(2)18(12-10-17-11-13-19-3)14-16-8-6-5-7-9-16/h15-17H,4-14H2,1-3H3. The van der Waals surface area contributed by atoms with Gasteiger partial charge in [0.15, 0.2) is 0 Å². The monoisotopic (exact) mass is 286 g/mol. The summed E-state index contributed by atoms with van der Waals surface area (Å²) in [6.07, 6.45) is 10.8. The molecule has 19 heavy (non-hydrogen) atoms. The largest absolute Gasteiger partial charge is 0.315 e. The highest BCUT2D eigenvalue weighted by atomic mass is 32.2. The summed E-state index contributed by atoms with van der Waals surface area (Å²) in [5.74, 6) is 2.19. The van der Waals surface area contributed by atoms with Gasteiger partial charge < -0.3 is 5.32 Å². The maximum atomic E-state index is 3.57. The van der Waals surface area contributed by atoms with Crippen molar-refractivity contribution in [2.24, 2.45) is 5.92 Å². The van der Waals surface area contributed by atoms with E-state index < -0.39 is 0 Å². The second-order valence-corrected chi connectivity index (χ2v) is 6.98. The Balaban J connectivity index is 2.25. The van der Waals surface area contributed by atoms with Gasteiger partial charge in [0.1, 0.15) is 0 Å². The smallest absolute Gasteiger partial charge is 0.0110 e. The van der Waals surface area contributed by atoms with E-state index in [1.165, 1.54) is 57.4 Å². The van der Waals surface area contributed by atoms with E-state index in [-0.39, 0.29) is 0 Å². The highest BCUT2D eigenvalue weighted by Crippen LogP contribution is 2.25. The van der Waals surface area contributed by atoms with Gasteiger partial charge in [-0.25, -0.2) is 0 Å². The molecule has 0 spiro atoms. The average molecular weight is 287 g/mol. The number of hydrogen-bond acceptors (Lipinski definition) is 3. The van der Waals surface area contributed by atoms with E-state index in [2.05, 4.69) is 30.3 Å². The molecule has 1 N–H and O–H groups in total. The van der Waals surface area contributed by atoms with Gasteiger partial charge in [-0.05, 0) is 38.4 Å². The van der Waals surface area contributed by atoms with Gasteiger partial charge >= 0.3 is 0 Å². The van der Waals surface area contributed by atoms with E-state index in [0.717, 1.165) is 25.0 Å². The lowest BCUT2D eigenvalue weighted by Crippen LogP contribution is -2.41. The van der Waals surface area contributed by atoms with Crippen molar-refractivity contribution in [1.29, 1.82) is 0 Å². The van der Waals surface area contributed by atoms with Gasteiger partial charge in [0, 0.05) is 38.0 Å². The third-order valence-electron chi connectivity index (χ3n) is 4.49. The Morgan fingerprint density at radius 2 is 1.95 bits per heavy atom. The van der Waals surface area contributed by atoms with Crippen LogP contribution in [0.3, 0.4) is 0 Å². The molecular formula is C16H34N2S. The van der Waals surface area contributed by atoms with Crippen LogP contribution in [0.2, 0.25) is 0 Å². The molecule has 0 heterocycles. The normalized spacial score (nSPS) is 18.9. The molecule has 3 heteroatoms. The van der Waals surface area contributed by atoms with Gasteiger partial charge in [-0.2, -0.15) is 11.8 Å². The summed E-state index contributed by atoms with van der Waals surface area (Å²) in [6.45, 7) is 9.57. The molecule has 0 aromatic heterocycles. The molecule has 2 nitrogen and oxygen atoms in total. The number of nitrogens with zero attached hydrogens (tertiary/aromatic N) is 1. The molecule has 1 fully saturated rings. The van der Waals surface area contributed by atoms with Crippen molar-refractivity contribution in [2.45, 2.75) is 58.4 Å². The molecule has 114 valence electrons. The minimum atomic E-state index is 0.740. The first-order valence-electron chi connectivity index (χ1n) is 8.21. The zero-order valence-corrected chi connectivity index (χ0v) is 14.1. The molecule has 0 amide bonds. The van der Waals surface area contributed by atoms with Crippen molar-refractivity contribution in [3.8, 4) is 0 Å². The molecule has 1 saturated carbocycles. The van der Waals surface area contributed by atoms with Gasteiger partial charge in [0.05, 0.1) is 0 Å². The predicted molar refractivity (Wildman–Crippen MR) is 89.2 cm³/mol. The third kappa shape index (κ3) is 7.57. The zero-order valence-electron chi connectivity index (χ0n) is 13.3. The van der Waals surface area contributed by atoms with Gasteiger partial charge in [-0.15, -0.1) is 0 Å². The zero-order chi connectivity index (χ0) is 13.9. The Morgan fingerprint density at radius 1 is 1.21 bits per heavy atom. The van der Waals surface area contributed by atoms with E-state index >= 15 is 0 Å². The molecule has 1 atom stereocenters. The van der Waals surface area contributed by atoms with Crippen LogP contribution in [0.15, 0.2) is 0 Å². The van der Waals surface area contributed by atoms with Crippen LogP contribution in [0.1, 0.15) is 52.4 Å². The van der Waals surface area contributed by atoms with Gasteiger partial charge in [0.25, 0.3) is 0 Å². The Morgan fingerprint density at radius 3 is 2.58 bits per heavy atom. The Labute approximate surface area is 125 Å². The molecule has 1 aliphatic carbocycles. The fourth-order valence-electron chi connectivity index (χ4n) is 2.97. The minimum absolute atomic E-state index is 0.740. The maximum absolute atomic E-state index is 3.57. The molecular weight excluding hydrogens is 252 g/mol. The highest BCUT2D eigenvalue weighted by molar-refractivity contribution is 7.98. The molecule has 0 radical (unpaired) electrons. The van der Waals surface area contributed by atoms with Gasteiger partial charge in [0.2, 0.25) is 0 Å². The molecule has 0 aromatic carbocycles. The van der Waals surface area contributed by atoms with E-state index in [0.29, 0.717) is 0 Å². The second kappa shape index (κ2) is 11.0. The van der Waals surface area contributed by atoms with Crippen molar-refractivity contribution >= 4 is 11.8 Å². The van der Waals surface area contributed by atoms with Crippen molar-refractivity contribution in [2.75, 3.05) is 38.2 Å². The lowest BCUT2D eigenvalue weighted by molar-refractivity contribution is 0.155. The lowest BCUT2D eigenvalue weighted by Gasteiger charge is -2.33. The van der Waals surface area contributed by atoms with Crippen LogP contribution in [-0.2, 0) is 0 Å². The summed E-state index contributed by atoms with van der Waals surface area (Å²) in [7, 11) is 0. The van der Waals surface area contributed by atoms with Crippen molar-refractivity contribution in [3.63, 3.8) is 0 Å². The highest BCUT2D eigenvalue weighted by Gasteiger charge is 2.19. The fourth-order valence-corrected chi connectivity index (χ4v) is 3.32. The quantitative estimate of drug-likeness (QED) is 0.618. The van der Waals surface area contributed by atoms with Crippen molar-refractivity contribution in [1.82, 2.24) is 10.2 Å². The van der Waals surface area contributed by atoms with Crippen LogP contribution < -0.4 is 5.32 Å². The lowest BCUT2D eigenvalue weighted by atomic mass is 9.88. The van der Waals surface area contributed by atoms with Crippen LogP contribution in [0, 0.1) is 5.92 Å². The Kier molecular flexibility index (Phi) is 10.0. The number of rotatable bonds is 10. The summed E-state index contributed by atoms with van der Waals surface area (Å²) in [5.41, 5.74) is 0. The maximum Gasteiger partial charge on any atom is 0.0110 e. The number of thioether (sulfide) groups is 1. The van der Waals surface area contributed by atoms with Crippen molar-refractivity contribution < 1.29 is 0 Å². The Hall–Kier alpha value is 0.270. The average Bonchev–Trinajstić information content (AvgIpc) is 2.46. The second-order valence-electron chi connectivity index (χ2n) is 6.00. The summed E-state index contributed by atoms with van der Waals surface area (Å²) >= 11 is 1.92. The van der Waals surface area contributed by atoms with Crippen LogP contribution >= 0.6 is 11.8 Å². The van der Waals surface area contributed by atoms with Gasteiger partial charge in [-0.3, -0.25) is 4.90 Å². The first-order valence-corrected chi connectivity index (χ1v) is 9.61. The van der Waals surface area contributed by atoms with Crippen LogP contribution in [-0.4, -0.2) is 49.1 Å². The molecule has 0 aliphatic heterocycles. The summed E-state index contributed by atoms with van der Waals surface area (Å²) in [6, 6.07) is 0.740. The minimum Gasteiger partial charge on any atom is -0.315 e. The van der Waals surface area contributed by atoms with E-state index in [4.69, 9.17) is 0 Å². The van der Waals surface area contributed by atoms with E-state index in [1.54, 1.807) is 0 Å². The van der Waals surface area contributed by atoms with E-state index in [9.17, 15) is 0 Å². The summed E-state index contributed by atoms with van der Waals surface area (Å²) in [5, 5.41) is 3.57. The van der Waals surface area contributed by atoms with Crippen LogP contribution in [0.25, 0.3) is 0 Å². The van der Waals surface area contributed by atoms with Gasteiger partial charge in [-0.1, -0.05) is 26.2 Å². The van der Waals surface area contributed by atoms with E-state index in [1.807, 2.05) is 11.8 Å². The van der Waals surface area contributed by atoms with Crippen molar-refractivity contribution in [3.05, 3.63) is 0 Å². The predicted octanol–water partition coefficient (Wildman–Crippen LogP) is 3.62. The first-order chi connectivity index (χ1) is 9.27. The SMILES string of the molecule is CCC(C)N(CCNCCSC)CC1CCCCC1. The molecule has 0 aromatic rings. The molecule has 1 aliphatic rings. The number of hydrogen-bond donors (Lipinski definition) is 1. The topological polar surface area (TPSA) is 15.3 Å². The first kappa shape index (κ1) is 17.3. The summed E-state index contributed by atoms with van der Waals surface area (Å²) < 4.78 is 0. The third-order valence-corrected chi connectivity index (χ3v) is 5.10.